The molecule has 0 unspecified atom stereocenters. The molecule has 10 heteroatoms. The number of rotatable bonds is 4. The fourth-order valence-electron chi connectivity index (χ4n) is 2.29. The van der Waals surface area contributed by atoms with E-state index in [0.29, 0.717) is 4.57 Å². The molecule has 0 saturated carbocycles. The van der Waals surface area contributed by atoms with Gasteiger partial charge in [0.15, 0.2) is 0 Å². The molecule has 0 bridgehead atoms. The predicted molar refractivity (Wildman–Crippen MR) is 77.6 cm³/mol. The molecular formula is C14H17N3O7. The maximum atomic E-state index is 11.9. The van der Waals surface area contributed by atoms with Crippen LogP contribution in [0.4, 0.5) is 0 Å². The molecular weight excluding hydrogens is 322 g/mol. The molecule has 2 heterocycles. The summed E-state index contributed by atoms with van der Waals surface area (Å²) in [5, 5.41) is 29.7. The summed E-state index contributed by atoms with van der Waals surface area (Å²) in [5.41, 5.74) is -3.94. The number of hydrogen-bond acceptors (Lipinski definition) is 8. The summed E-state index contributed by atoms with van der Waals surface area (Å²) >= 11 is 0. The smallest absolute Gasteiger partial charge is 0.331 e. The monoisotopic (exact) mass is 339 g/mol. The van der Waals surface area contributed by atoms with E-state index in [2.05, 4.69) is 0 Å². The van der Waals surface area contributed by atoms with Crippen molar-refractivity contribution in [2.24, 2.45) is 5.92 Å². The molecule has 0 radical (unpaired) electrons. The van der Waals surface area contributed by atoms with E-state index in [1.165, 1.54) is 0 Å². The van der Waals surface area contributed by atoms with E-state index in [-0.39, 0.29) is 0 Å². The van der Waals surface area contributed by atoms with Gasteiger partial charge in [0.05, 0.1) is 5.92 Å². The van der Waals surface area contributed by atoms with E-state index in [4.69, 9.17) is 9.47 Å². The molecule has 4 atom stereocenters. The summed E-state index contributed by atoms with van der Waals surface area (Å²) in [5.74, 6) is -0.952. The number of nitrogens with one attached hydrogen (secondary N) is 1. The molecule has 1 aliphatic heterocycles. The highest BCUT2D eigenvalue weighted by Gasteiger charge is 2.57. The lowest BCUT2D eigenvalue weighted by Crippen LogP contribution is -2.50. The molecule has 10 nitrogen and oxygen atoms in total. The van der Waals surface area contributed by atoms with Gasteiger partial charge in [-0.15, -0.1) is 0 Å². The minimum Gasteiger partial charge on any atom is -0.463 e. The normalized spacial score (nSPS) is 29.4. The Morgan fingerprint density at radius 2 is 2.21 bits per heavy atom. The molecule has 1 aromatic heterocycles. The Balaban J connectivity index is 2.32. The van der Waals surface area contributed by atoms with Crippen LogP contribution < -0.4 is 11.2 Å². The first kappa shape index (κ1) is 17.9. The predicted octanol–water partition coefficient (Wildman–Crippen LogP) is -1.97. The second-order valence-corrected chi connectivity index (χ2v) is 5.66. The summed E-state index contributed by atoms with van der Waals surface area (Å²) in [4.78, 5) is 36.5. The van der Waals surface area contributed by atoms with Crippen LogP contribution in [0.2, 0.25) is 0 Å². The number of aromatic amines is 1. The molecule has 0 aromatic carbocycles. The molecule has 1 fully saturated rings. The largest absolute Gasteiger partial charge is 0.463 e. The van der Waals surface area contributed by atoms with Gasteiger partial charge < -0.3 is 19.7 Å². The van der Waals surface area contributed by atoms with E-state index in [1.807, 2.05) is 4.98 Å². The number of esters is 1. The zero-order valence-electron chi connectivity index (χ0n) is 13.0. The molecule has 2 rings (SSSR count). The van der Waals surface area contributed by atoms with Crippen LogP contribution >= 0.6 is 0 Å². The average Bonchev–Trinajstić information content (AvgIpc) is 2.77. The molecule has 130 valence electrons. The van der Waals surface area contributed by atoms with Gasteiger partial charge >= 0.3 is 11.7 Å². The Morgan fingerprint density at radius 1 is 1.54 bits per heavy atom. The third kappa shape index (κ3) is 2.96. The van der Waals surface area contributed by atoms with Crippen molar-refractivity contribution in [3.05, 3.63) is 33.1 Å². The van der Waals surface area contributed by atoms with Crippen LogP contribution in [0.5, 0.6) is 0 Å². The molecule has 1 aromatic rings. The second kappa shape index (κ2) is 6.56. The molecule has 1 aliphatic rings. The van der Waals surface area contributed by atoms with Crippen molar-refractivity contribution in [2.45, 2.75) is 37.9 Å². The Hall–Kier alpha value is -2.48. The summed E-state index contributed by atoms with van der Waals surface area (Å²) < 4.78 is 11.0. The van der Waals surface area contributed by atoms with Gasteiger partial charge in [-0.1, -0.05) is 13.8 Å². The molecule has 3 N–H and O–H groups in total. The first-order valence-electron chi connectivity index (χ1n) is 7.17. The fourth-order valence-corrected chi connectivity index (χ4v) is 2.29. The first-order valence-corrected chi connectivity index (χ1v) is 7.17. The maximum absolute atomic E-state index is 11.9. The number of aromatic nitrogens is 2. The van der Waals surface area contributed by atoms with Crippen LogP contribution in [0.25, 0.3) is 0 Å². The van der Waals surface area contributed by atoms with Gasteiger partial charge in [0.25, 0.3) is 11.3 Å². The number of nitrogens with zero attached hydrogens (tertiary/aromatic N) is 2. The summed E-state index contributed by atoms with van der Waals surface area (Å²) in [7, 11) is 0. The third-order valence-electron chi connectivity index (χ3n) is 3.64. The van der Waals surface area contributed by atoms with Gasteiger partial charge in [-0.3, -0.25) is 19.1 Å². The summed E-state index contributed by atoms with van der Waals surface area (Å²) in [6, 6.07) is 2.61. The van der Waals surface area contributed by atoms with Gasteiger partial charge in [-0.25, -0.2) is 4.79 Å². The number of carbonyl (C=O) groups is 1. The van der Waals surface area contributed by atoms with Crippen molar-refractivity contribution in [1.82, 2.24) is 9.55 Å². The number of aliphatic hydroxyl groups is 2. The highest BCUT2D eigenvalue weighted by molar-refractivity contribution is 5.71. The highest BCUT2D eigenvalue weighted by Crippen LogP contribution is 2.34. The van der Waals surface area contributed by atoms with Crippen molar-refractivity contribution in [1.29, 1.82) is 5.26 Å². The van der Waals surface area contributed by atoms with Gasteiger partial charge in [0.2, 0.25) is 0 Å². The number of ether oxygens (including phenoxy) is 2. The molecule has 1 saturated heterocycles. The molecule has 0 amide bonds. The van der Waals surface area contributed by atoms with Crippen molar-refractivity contribution >= 4 is 5.97 Å². The molecule has 24 heavy (non-hydrogen) atoms. The van der Waals surface area contributed by atoms with Crippen molar-refractivity contribution in [2.75, 3.05) is 6.61 Å². The standard InChI is InChI=1S/C14H17N3O7/c1-7(2)12(21)23-5-8-10(19)11(20)14(6-15,24-8)17-4-3-9(18)16-13(17)22/h3-4,7-8,10-11,19-20H,5H2,1-2H3,(H,16,18,22)/t8-,10-,11-,14-/m1/s1. The van der Waals surface area contributed by atoms with Gasteiger partial charge in [0.1, 0.15) is 31.0 Å². The van der Waals surface area contributed by atoms with E-state index < -0.39 is 53.8 Å². The third-order valence-corrected chi connectivity index (χ3v) is 3.64. The fraction of sp³-hybridized carbons (Fsp3) is 0.571. The van der Waals surface area contributed by atoms with Crippen molar-refractivity contribution in [3.8, 4) is 6.07 Å². The molecule has 0 spiro atoms. The van der Waals surface area contributed by atoms with Gasteiger partial charge in [-0.05, 0) is 0 Å². The number of aliphatic hydroxyl groups excluding tert-OH is 2. The molecule has 0 aliphatic carbocycles. The lowest BCUT2D eigenvalue weighted by Gasteiger charge is -2.26. The number of nitriles is 1. The minimum atomic E-state index is -2.25. The maximum Gasteiger partial charge on any atom is 0.331 e. The Labute approximate surface area is 135 Å². The van der Waals surface area contributed by atoms with Gasteiger partial charge in [0, 0.05) is 12.3 Å². The van der Waals surface area contributed by atoms with Crippen LogP contribution in [0.1, 0.15) is 13.8 Å². The van der Waals surface area contributed by atoms with Crippen LogP contribution in [-0.4, -0.2) is 50.7 Å². The van der Waals surface area contributed by atoms with Crippen molar-refractivity contribution < 1.29 is 24.5 Å². The zero-order chi connectivity index (χ0) is 18.1. The number of hydrogen-bond donors (Lipinski definition) is 3. The summed E-state index contributed by atoms with van der Waals surface area (Å²) in [6.45, 7) is 2.82. The van der Waals surface area contributed by atoms with Crippen LogP contribution in [-0.2, 0) is 20.0 Å². The van der Waals surface area contributed by atoms with Gasteiger partial charge in [-0.2, -0.15) is 5.26 Å². The highest BCUT2D eigenvalue weighted by atomic mass is 16.6. The van der Waals surface area contributed by atoms with Crippen LogP contribution in [0, 0.1) is 17.2 Å². The second-order valence-electron chi connectivity index (χ2n) is 5.66. The average molecular weight is 339 g/mol. The van der Waals surface area contributed by atoms with E-state index >= 15 is 0 Å². The van der Waals surface area contributed by atoms with E-state index in [1.54, 1.807) is 19.9 Å². The quantitative estimate of drug-likeness (QED) is 0.534. The van der Waals surface area contributed by atoms with E-state index in [0.717, 1.165) is 12.3 Å². The topological polar surface area (TPSA) is 155 Å². The SMILES string of the molecule is CC(C)C(=O)OC[C@H]1O[C@@](C#N)(n2ccc(=O)[nH]c2=O)[C@H](O)[C@@H]1O. The van der Waals surface area contributed by atoms with E-state index in [9.17, 15) is 29.9 Å². The summed E-state index contributed by atoms with van der Waals surface area (Å²) in [6.07, 6.45) is -3.62. The minimum absolute atomic E-state index is 0.406. The Bertz CT molecular complexity index is 778. The zero-order valence-corrected chi connectivity index (χ0v) is 13.0. The number of carbonyl (C=O) groups excluding carboxylic acids is 1. The van der Waals surface area contributed by atoms with Crippen LogP contribution in [0.3, 0.4) is 0 Å². The number of H-pyrrole nitrogens is 1. The van der Waals surface area contributed by atoms with Crippen molar-refractivity contribution in [3.63, 3.8) is 0 Å². The lowest BCUT2D eigenvalue weighted by atomic mass is 10.0. The first-order chi connectivity index (χ1) is 11.2. The van der Waals surface area contributed by atoms with Crippen LogP contribution in [0.15, 0.2) is 21.9 Å². The Morgan fingerprint density at radius 3 is 2.75 bits per heavy atom. The Kier molecular flexibility index (Phi) is 4.88. The lowest BCUT2D eigenvalue weighted by molar-refractivity contribution is -0.157.